The minimum Gasteiger partial charge on any atom is -0.489 e. The van der Waals surface area contributed by atoms with Crippen LogP contribution in [0.2, 0.25) is 0 Å². The molecule has 1 saturated heterocycles. The van der Waals surface area contributed by atoms with E-state index < -0.39 is 0 Å². The number of amides is 1. The number of nitrogens with zero attached hydrogens (tertiary/aromatic N) is 1. The first-order valence-electron chi connectivity index (χ1n) is 6.76. The minimum absolute atomic E-state index is 0.0685. The molecular weight excluding hydrogens is 270 g/mol. The summed E-state index contributed by atoms with van der Waals surface area (Å²) in [5, 5.41) is 0. The summed E-state index contributed by atoms with van der Waals surface area (Å²) in [6.07, 6.45) is 0.195. The Morgan fingerprint density at radius 3 is 2.62 bits per heavy atom. The van der Waals surface area contributed by atoms with Gasteiger partial charge in [0.25, 0.3) is 0 Å². The van der Waals surface area contributed by atoms with Gasteiger partial charge in [-0.1, -0.05) is 6.58 Å². The number of hydrogen-bond acceptors (Lipinski definition) is 4. The molecule has 112 valence electrons. The van der Waals surface area contributed by atoms with Crippen molar-refractivity contribution in [3.8, 4) is 5.75 Å². The van der Waals surface area contributed by atoms with Gasteiger partial charge >= 0.3 is 5.97 Å². The summed E-state index contributed by atoms with van der Waals surface area (Å²) < 4.78 is 10.2. The van der Waals surface area contributed by atoms with Gasteiger partial charge in [-0.2, -0.15) is 0 Å². The number of rotatable bonds is 5. The molecule has 1 aliphatic heterocycles. The number of carbonyl (C=O) groups is 2. The van der Waals surface area contributed by atoms with Gasteiger partial charge in [-0.05, 0) is 36.8 Å². The van der Waals surface area contributed by atoms with Crippen molar-refractivity contribution < 1.29 is 19.1 Å². The van der Waals surface area contributed by atoms with Gasteiger partial charge < -0.3 is 14.4 Å². The predicted molar refractivity (Wildman–Crippen MR) is 79.2 cm³/mol. The van der Waals surface area contributed by atoms with Crippen LogP contribution in [0.1, 0.15) is 13.3 Å². The third-order valence-corrected chi connectivity index (χ3v) is 3.29. The van der Waals surface area contributed by atoms with Crippen LogP contribution in [0, 0.1) is 5.92 Å². The summed E-state index contributed by atoms with van der Waals surface area (Å²) in [6, 6.07) is 7.23. The van der Waals surface area contributed by atoms with Crippen LogP contribution in [0.3, 0.4) is 0 Å². The largest absolute Gasteiger partial charge is 0.489 e. The van der Waals surface area contributed by atoms with Crippen LogP contribution < -0.4 is 9.64 Å². The Morgan fingerprint density at radius 2 is 2.05 bits per heavy atom. The van der Waals surface area contributed by atoms with Gasteiger partial charge in [0.1, 0.15) is 12.4 Å². The van der Waals surface area contributed by atoms with Crippen LogP contribution in [0.25, 0.3) is 0 Å². The van der Waals surface area contributed by atoms with Gasteiger partial charge in [-0.3, -0.25) is 9.59 Å². The third-order valence-electron chi connectivity index (χ3n) is 3.29. The van der Waals surface area contributed by atoms with Gasteiger partial charge in [-0.25, -0.2) is 0 Å². The molecule has 1 fully saturated rings. The molecule has 2 rings (SSSR count). The predicted octanol–water partition coefficient (Wildman–Crippen LogP) is 2.17. The maximum absolute atomic E-state index is 12.0. The smallest absolute Gasteiger partial charge is 0.311 e. The summed E-state index contributed by atoms with van der Waals surface area (Å²) in [5.41, 5.74) is 1.70. The highest BCUT2D eigenvalue weighted by molar-refractivity contribution is 5.99. The first-order chi connectivity index (χ1) is 10.0. The van der Waals surface area contributed by atoms with Gasteiger partial charge in [-0.15, -0.1) is 0 Å². The maximum Gasteiger partial charge on any atom is 0.311 e. The van der Waals surface area contributed by atoms with E-state index >= 15 is 0 Å². The van der Waals surface area contributed by atoms with Crippen LogP contribution in [0.15, 0.2) is 36.4 Å². The van der Waals surface area contributed by atoms with Crippen molar-refractivity contribution in [1.82, 2.24) is 0 Å². The molecule has 1 amide bonds. The fraction of sp³-hybridized carbons (Fsp3) is 0.375. The zero-order valence-corrected chi connectivity index (χ0v) is 12.3. The lowest BCUT2D eigenvalue weighted by Crippen LogP contribution is -2.26. The lowest BCUT2D eigenvalue weighted by atomic mass is 10.1. The van der Waals surface area contributed by atoms with Crippen LogP contribution in [-0.4, -0.2) is 32.1 Å². The van der Waals surface area contributed by atoms with Crippen LogP contribution >= 0.6 is 0 Å². The van der Waals surface area contributed by atoms with E-state index in [2.05, 4.69) is 6.58 Å². The maximum atomic E-state index is 12.0. The molecule has 1 unspecified atom stereocenters. The van der Waals surface area contributed by atoms with Gasteiger partial charge in [0, 0.05) is 18.7 Å². The van der Waals surface area contributed by atoms with Crippen LogP contribution in [0.5, 0.6) is 5.75 Å². The average Bonchev–Trinajstić information content (AvgIpc) is 2.87. The molecule has 0 aliphatic carbocycles. The summed E-state index contributed by atoms with van der Waals surface area (Å²) >= 11 is 0. The molecule has 0 N–H and O–H groups in total. The topological polar surface area (TPSA) is 55.8 Å². The molecular formula is C16H19NO4. The van der Waals surface area contributed by atoms with E-state index in [0.29, 0.717) is 13.2 Å². The lowest BCUT2D eigenvalue weighted by Gasteiger charge is -2.17. The molecule has 5 heteroatoms. The number of anilines is 1. The summed E-state index contributed by atoms with van der Waals surface area (Å²) in [6.45, 7) is 6.49. The summed E-state index contributed by atoms with van der Waals surface area (Å²) in [7, 11) is 1.34. The number of esters is 1. The van der Waals surface area contributed by atoms with E-state index in [9.17, 15) is 9.59 Å². The number of ether oxygens (including phenoxy) is 2. The molecule has 5 nitrogen and oxygen atoms in total. The normalized spacial score (nSPS) is 17.7. The molecule has 0 aromatic heterocycles. The zero-order valence-electron chi connectivity index (χ0n) is 12.3. The van der Waals surface area contributed by atoms with Crippen molar-refractivity contribution >= 4 is 17.6 Å². The van der Waals surface area contributed by atoms with Crippen LogP contribution in [-0.2, 0) is 14.3 Å². The van der Waals surface area contributed by atoms with Gasteiger partial charge in [0.05, 0.1) is 13.0 Å². The average molecular weight is 289 g/mol. The minimum atomic E-state index is -0.387. The van der Waals surface area contributed by atoms with Crippen molar-refractivity contribution in [1.29, 1.82) is 0 Å². The Hall–Kier alpha value is -2.30. The van der Waals surface area contributed by atoms with Crippen molar-refractivity contribution in [2.24, 2.45) is 5.92 Å². The number of benzene rings is 1. The summed E-state index contributed by atoms with van der Waals surface area (Å²) in [5.74, 6) is -0.0759. The van der Waals surface area contributed by atoms with Gasteiger partial charge in [0.15, 0.2) is 0 Å². The second-order valence-corrected chi connectivity index (χ2v) is 5.17. The van der Waals surface area contributed by atoms with E-state index in [1.807, 2.05) is 19.1 Å². The standard InChI is InChI=1S/C16H19NO4/c1-11(2)10-21-14-6-4-13(5-7-14)17-9-12(8-15(17)18)16(19)20-3/h4-7,12H,1,8-10H2,2-3H3. The molecule has 21 heavy (non-hydrogen) atoms. The Bertz CT molecular complexity index is 550. The van der Waals surface area contributed by atoms with Gasteiger partial charge in [0.2, 0.25) is 5.91 Å². The Balaban J connectivity index is 2.03. The van der Waals surface area contributed by atoms with E-state index in [4.69, 9.17) is 9.47 Å². The van der Waals surface area contributed by atoms with Crippen molar-refractivity contribution in [2.75, 3.05) is 25.2 Å². The Morgan fingerprint density at radius 1 is 1.38 bits per heavy atom. The highest BCUT2D eigenvalue weighted by atomic mass is 16.5. The molecule has 0 saturated carbocycles. The molecule has 0 radical (unpaired) electrons. The fourth-order valence-electron chi connectivity index (χ4n) is 2.21. The Labute approximate surface area is 124 Å². The number of carbonyl (C=O) groups excluding carboxylic acids is 2. The SMILES string of the molecule is C=C(C)COc1ccc(N2CC(C(=O)OC)CC2=O)cc1. The molecule has 1 aromatic carbocycles. The first kappa shape index (κ1) is 15.1. The van der Waals surface area contributed by atoms with Crippen molar-refractivity contribution in [3.05, 3.63) is 36.4 Å². The monoisotopic (exact) mass is 289 g/mol. The second kappa shape index (κ2) is 6.43. The number of hydrogen-bond donors (Lipinski definition) is 0. The Kier molecular flexibility index (Phi) is 4.62. The lowest BCUT2D eigenvalue weighted by molar-refractivity contribution is -0.145. The van der Waals surface area contributed by atoms with E-state index in [0.717, 1.165) is 17.0 Å². The van der Waals surface area contributed by atoms with E-state index in [1.54, 1.807) is 17.0 Å². The molecule has 0 spiro atoms. The first-order valence-corrected chi connectivity index (χ1v) is 6.76. The molecule has 1 aliphatic rings. The number of methoxy groups -OCH3 is 1. The fourth-order valence-corrected chi connectivity index (χ4v) is 2.21. The van der Waals surface area contributed by atoms with Crippen molar-refractivity contribution in [3.63, 3.8) is 0 Å². The highest BCUT2D eigenvalue weighted by Gasteiger charge is 2.35. The summed E-state index contributed by atoms with van der Waals surface area (Å²) in [4.78, 5) is 25.1. The van der Waals surface area contributed by atoms with Crippen molar-refractivity contribution in [2.45, 2.75) is 13.3 Å². The second-order valence-electron chi connectivity index (χ2n) is 5.17. The van der Waals surface area contributed by atoms with E-state index in [-0.39, 0.29) is 24.2 Å². The highest BCUT2D eigenvalue weighted by Crippen LogP contribution is 2.27. The van der Waals surface area contributed by atoms with E-state index in [1.165, 1.54) is 7.11 Å². The molecule has 1 aromatic rings. The third kappa shape index (κ3) is 3.62. The molecule has 1 heterocycles. The molecule has 0 bridgehead atoms. The van der Waals surface area contributed by atoms with Crippen LogP contribution in [0.4, 0.5) is 5.69 Å². The molecule has 1 atom stereocenters. The zero-order chi connectivity index (χ0) is 15.4. The quantitative estimate of drug-likeness (QED) is 0.616.